The zero-order valence-electron chi connectivity index (χ0n) is 18.4. The van der Waals surface area contributed by atoms with Crippen LogP contribution in [-0.4, -0.2) is 26.6 Å². The minimum Gasteiger partial charge on any atom is -0.490 e. The Morgan fingerprint density at radius 2 is 1.66 bits per heavy atom. The lowest BCUT2D eigenvalue weighted by molar-refractivity contribution is 0.287. The van der Waals surface area contributed by atoms with Crippen molar-refractivity contribution in [1.29, 1.82) is 0 Å². The molecule has 0 radical (unpaired) electrons. The number of nitrogens with one attached hydrogen (secondary N) is 1. The predicted octanol–water partition coefficient (Wildman–Crippen LogP) is 4.50. The van der Waals surface area contributed by atoms with Crippen molar-refractivity contribution in [2.45, 2.75) is 38.3 Å². The first-order chi connectivity index (χ1) is 15.4. The predicted molar refractivity (Wildman–Crippen MR) is 123 cm³/mol. The summed E-state index contributed by atoms with van der Waals surface area (Å²) in [7, 11) is -3.76. The van der Waals surface area contributed by atoms with Gasteiger partial charge in [0.2, 0.25) is 10.0 Å². The third kappa shape index (κ3) is 6.21. The second-order valence-corrected chi connectivity index (χ2v) is 8.75. The highest BCUT2D eigenvalue weighted by atomic mass is 32.2. The highest BCUT2D eigenvalue weighted by molar-refractivity contribution is 7.89. The van der Waals surface area contributed by atoms with Gasteiger partial charge in [0.05, 0.1) is 18.1 Å². The van der Waals surface area contributed by atoms with Crippen molar-refractivity contribution in [1.82, 2.24) is 9.71 Å². The highest BCUT2D eigenvalue weighted by Gasteiger charge is 2.20. The Hall–Kier alpha value is -3.10. The SMILES string of the molecule is CCOc1ccc(S(=O)(=O)NC(C)c2ccc(OCc3cccnc3)cc2)cc1OCC. The fraction of sp³-hybridized carbons (Fsp3) is 0.292. The summed E-state index contributed by atoms with van der Waals surface area (Å²) in [5, 5.41) is 0. The fourth-order valence-electron chi connectivity index (χ4n) is 3.07. The van der Waals surface area contributed by atoms with Crippen LogP contribution in [0.15, 0.2) is 71.9 Å². The molecular weight excluding hydrogens is 428 g/mol. The van der Waals surface area contributed by atoms with Gasteiger partial charge in [-0.2, -0.15) is 0 Å². The van der Waals surface area contributed by atoms with E-state index in [-0.39, 0.29) is 4.90 Å². The van der Waals surface area contributed by atoms with Crippen LogP contribution in [0.4, 0.5) is 0 Å². The van der Waals surface area contributed by atoms with E-state index in [1.165, 1.54) is 12.1 Å². The van der Waals surface area contributed by atoms with Gasteiger partial charge in [0, 0.05) is 30.1 Å². The summed E-state index contributed by atoms with van der Waals surface area (Å²) >= 11 is 0. The highest BCUT2D eigenvalue weighted by Crippen LogP contribution is 2.31. The molecule has 2 aromatic carbocycles. The second kappa shape index (κ2) is 11.0. The number of rotatable bonds is 11. The summed E-state index contributed by atoms with van der Waals surface area (Å²) in [6.07, 6.45) is 3.47. The molecule has 0 aliphatic rings. The van der Waals surface area contributed by atoms with Gasteiger partial charge < -0.3 is 14.2 Å². The van der Waals surface area contributed by atoms with Crippen molar-refractivity contribution in [3.63, 3.8) is 0 Å². The van der Waals surface area contributed by atoms with Crippen molar-refractivity contribution in [2.75, 3.05) is 13.2 Å². The summed E-state index contributed by atoms with van der Waals surface area (Å²) in [6, 6.07) is 15.3. The molecule has 170 valence electrons. The molecule has 0 fully saturated rings. The first kappa shape index (κ1) is 23.6. The summed E-state index contributed by atoms with van der Waals surface area (Å²) in [6.45, 7) is 6.77. The lowest BCUT2D eigenvalue weighted by Gasteiger charge is -2.17. The van der Waals surface area contributed by atoms with Crippen molar-refractivity contribution >= 4 is 10.0 Å². The maximum atomic E-state index is 12.9. The van der Waals surface area contributed by atoms with Gasteiger partial charge in [-0.3, -0.25) is 4.98 Å². The molecule has 8 heteroatoms. The quantitative estimate of drug-likeness (QED) is 0.457. The minimum absolute atomic E-state index is 0.118. The maximum absolute atomic E-state index is 12.9. The van der Waals surface area contributed by atoms with Crippen molar-refractivity contribution in [3.05, 3.63) is 78.1 Å². The van der Waals surface area contributed by atoms with Gasteiger partial charge in [-0.15, -0.1) is 0 Å². The lowest BCUT2D eigenvalue weighted by Crippen LogP contribution is -2.27. The van der Waals surface area contributed by atoms with Gasteiger partial charge >= 0.3 is 0 Å². The van der Waals surface area contributed by atoms with Gasteiger partial charge in [0.1, 0.15) is 12.4 Å². The average Bonchev–Trinajstić information content (AvgIpc) is 2.80. The molecule has 1 atom stereocenters. The van der Waals surface area contributed by atoms with E-state index in [2.05, 4.69) is 9.71 Å². The Kier molecular flexibility index (Phi) is 8.08. The fourth-order valence-corrected chi connectivity index (χ4v) is 4.32. The Morgan fingerprint density at radius 3 is 2.31 bits per heavy atom. The van der Waals surface area contributed by atoms with E-state index in [9.17, 15) is 8.42 Å². The van der Waals surface area contributed by atoms with E-state index >= 15 is 0 Å². The third-order valence-electron chi connectivity index (χ3n) is 4.67. The molecule has 3 rings (SSSR count). The number of hydrogen-bond acceptors (Lipinski definition) is 6. The summed E-state index contributed by atoms with van der Waals surface area (Å²) in [4.78, 5) is 4.18. The van der Waals surface area contributed by atoms with Gasteiger partial charge in [0.15, 0.2) is 11.5 Å². The molecule has 0 saturated carbocycles. The molecule has 32 heavy (non-hydrogen) atoms. The van der Waals surface area contributed by atoms with Gasteiger partial charge in [-0.05, 0) is 56.7 Å². The number of hydrogen-bond donors (Lipinski definition) is 1. The van der Waals surface area contributed by atoms with E-state index in [0.717, 1.165) is 11.1 Å². The number of ether oxygens (including phenoxy) is 3. The molecule has 7 nitrogen and oxygen atoms in total. The number of benzene rings is 2. The maximum Gasteiger partial charge on any atom is 0.241 e. The number of aromatic nitrogens is 1. The summed E-state index contributed by atoms with van der Waals surface area (Å²) in [5.41, 5.74) is 1.79. The number of sulfonamides is 1. The topological polar surface area (TPSA) is 86.8 Å². The zero-order chi connectivity index (χ0) is 23.0. The van der Waals surface area contributed by atoms with Crippen LogP contribution in [0.2, 0.25) is 0 Å². The minimum atomic E-state index is -3.76. The Morgan fingerprint density at radius 1 is 0.938 bits per heavy atom. The molecule has 0 aliphatic heterocycles. The Balaban J connectivity index is 1.67. The summed E-state index contributed by atoms with van der Waals surface area (Å²) in [5.74, 6) is 1.61. The summed E-state index contributed by atoms with van der Waals surface area (Å²) < 4.78 is 45.4. The van der Waals surface area contributed by atoms with Crippen LogP contribution >= 0.6 is 0 Å². The van der Waals surface area contributed by atoms with E-state index in [4.69, 9.17) is 14.2 Å². The molecule has 1 N–H and O–H groups in total. The molecule has 0 aliphatic carbocycles. The van der Waals surface area contributed by atoms with Gasteiger partial charge in [0.25, 0.3) is 0 Å². The molecule has 1 unspecified atom stereocenters. The second-order valence-electron chi connectivity index (χ2n) is 7.04. The molecule has 0 amide bonds. The molecule has 1 heterocycles. The van der Waals surface area contributed by atoms with Crippen LogP contribution in [0.1, 0.15) is 37.9 Å². The first-order valence-electron chi connectivity index (χ1n) is 10.5. The third-order valence-corrected chi connectivity index (χ3v) is 6.20. The van der Waals surface area contributed by atoms with E-state index < -0.39 is 16.1 Å². The first-order valence-corrected chi connectivity index (χ1v) is 11.9. The van der Waals surface area contributed by atoms with Crippen LogP contribution < -0.4 is 18.9 Å². The number of nitrogens with zero attached hydrogens (tertiary/aromatic N) is 1. The van der Waals surface area contributed by atoms with Crippen LogP contribution in [0, 0.1) is 0 Å². The molecule has 0 spiro atoms. The molecule has 3 aromatic rings. The molecule has 0 saturated heterocycles. The average molecular weight is 457 g/mol. The lowest BCUT2D eigenvalue weighted by atomic mass is 10.1. The molecular formula is C24H28N2O5S. The Labute approximate surface area is 189 Å². The van der Waals surface area contributed by atoms with Crippen LogP contribution in [0.5, 0.6) is 17.2 Å². The standard InChI is InChI=1S/C24H28N2O5S/c1-4-29-23-13-12-22(15-24(23)30-5-2)32(27,28)26-18(3)20-8-10-21(11-9-20)31-17-19-7-6-14-25-16-19/h6-16,18,26H,4-5,17H2,1-3H3. The zero-order valence-corrected chi connectivity index (χ0v) is 19.3. The van der Waals surface area contributed by atoms with Crippen molar-refractivity contribution in [3.8, 4) is 17.2 Å². The molecule has 1 aromatic heterocycles. The van der Waals surface area contributed by atoms with E-state index in [0.29, 0.717) is 37.1 Å². The van der Waals surface area contributed by atoms with Gasteiger partial charge in [-0.1, -0.05) is 18.2 Å². The van der Waals surface area contributed by atoms with Crippen molar-refractivity contribution < 1.29 is 22.6 Å². The van der Waals surface area contributed by atoms with E-state index in [1.54, 1.807) is 25.4 Å². The van der Waals surface area contributed by atoms with Crippen LogP contribution in [0.3, 0.4) is 0 Å². The van der Waals surface area contributed by atoms with Crippen LogP contribution in [0.25, 0.3) is 0 Å². The smallest absolute Gasteiger partial charge is 0.241 e. The normalized spacial score (nSPS) is 12.2. The number of pyridine rings is 1. The van der Waals surface area contributed by atoms with Crippen LogP contribution in [-0.2, 0) is 16.6 Å². The van der Waals surface area contributed by atoms with Gasteiger partial charge in [-0.25, -0.2) is 13.1 Å². The Bertz CT molecular complexity index is 1100. The van der Waals surface area contributed by atoms with Crippen molar-refractivity contribution in [2.24, 2.45) is 0 Å². The van der Waals surface area contributed by atoms with E-state index in [1.807, 2.05) is 50.2 Å². The molecule has 0 bridgehead atoms. The monoisotopic (exact) mass is 456 g/mol. The largest absolute Gasteiger partial charge is 0.490 e.